The lowest BCUT2D eigenvalue weighted by Crippen LogP contribution is -2.90. The highest BCUT2D eigenvalue weighted by Crippen LogP contribution is 2.55. The lowest BCUT2D eigenvalue weighted by molar-refractivity contribution is -0.620. The molecule has 0 spiro atoms. The Morgan fingerprint density at radius 1 is 0.818 bits per heavy atom. The first-order valence-corrected chi connectivity index (χ1v) is 12.9. The van der Waals surface area contributed by atoms with Gasteiger partial charge in [0, 0.05) is 24.2 Å². The molecule has 236 valence electrons. The number of ether oxygens (including phenoxy) is 1. The van der Waals surface area contributed by atoms with E-state index in [1.54, 1.807) is 0 Å². The number of hydrogen-bond donors (Lipinski definition) is 11. The summed E-state index contributed by atoms with van der Waals surface area (Å²) < 4.78 is 5.21. The highest BCUT2D eigenvalue weighted by Gasteiger charge is 2.84. The van der Waals surface area contributed by atoms with Gasteiger partial charge < -0.3 is 56.0 Å². The van der Waals surface area contributed by atoms with Gasteiger partial charge in [-0.3, -0.25) is 19.7 Å². The number of piperidine rings is 1. The number of aliphatic hydroxyl groups is 9. The molecule has 44 heavy (non-hydrogen) atoms. The average molecular weight is 622 g/mol. The molecule has 2 aromatic carbocycles. The number of nitrogens with one attached hydrogen (secondary N) is 2. The van der Waals surface area contributed by atoms with E-state index in [9.17, 15) is 60.3 Å². The number of hydrogen-bond acceptors (Lipinski definition) is 17. The van der Waals surface area contributed by atoms with Crippen molar-refractivity contribution in [2.45, 2.75) is 35.0 Å². The van der Waals surface area contributed by atoms with Gasteiger partial charge in [0.25, 0.3) is 35.3 Å². The number of fused-ring (bicyclic) bond motifs is 5. The molecule has 0 saturated carbocycles. The third-order valence-corrected chi connectivity index (χ3v) is 7.97. The third kappa shape index (κ3) is 3.81. The predicted molar refractivity (Wildman–Crippen MR) is 134 cm³/mol. The first-order valence-electron chi connectivity index (χ1n) is 12.9. The van der Waals surface area contributed by atoms with E-state index in [1.165, 1.54) is 28.4 Å². The van der Waals surface area contributed by atoms with Gasteiger partial charge in [-0.2, -0.15) is 9.78 Å². The van der Waals surface area contributed by atoms with Gasteiger partial charge in [0.2, 0.25) is 0 Å². The Morgan fingerprint density at radius 2 is 1.43 bits per heavy atom. The number of morpholine rings is 1. The quantitative estimate of drug-likeness (QED) is 0.0842. The average Bonchev–Trinajstić information content (AvgIpc) is 3.22. The van der Waals surface area contributed by atoms with E-state index in [-0.39, 0.29) is 42.3 Å². The number of carbonyl (C=O) groups is 3. The Morgan fingerprint density at radius 3 is 2.07 bits per heavy atom. The zero-order valence-electron chi connectivity index (χ0n) is 22.2. The SMILES string of the molecule is O=C1c2cccc(NC(O)(O)c3ccc(C(O)(O)N4CCOCC4)cc3)c2C2(O)OOC3(O)C(O)(O)C(=O)NC(=O)C3(O)N12. The van der Waals surface area contributed by atoms with Gasteiger partial charge in [0.1, 0.15) is 0 Å². The molecule has 3 saturated heterocycles. The number of benzene rings is 2. The maximum absolute atomic E-state index is 13.4. The highest BCUT2D eigenvalue weighted by atomic mass is 17.3. The lowest BCUT2D eigenvalue weighted by atomic mass is 9.86. The minimum atomic E-state index is -4.10. The van der Waals surface area contributed by atoms with Crippen LogP contribution in [0.1, 0.15) is 27.0 Å². The Kier molecular flexibility index (Phi) is 6.50. The fourth-order valence-corrected chi connectivity index (χ4v) is 5.56. The summed E-state index contributed by atoms with van der Waals surface area (Å²) in [5, 5.41) is 101. The molecule has 19 heteroatoms. The zero-order chi connectivity index (χ0) is 32.1. The number of imide groups is 1. The number of rotatable bonds is 5. The largest absolute Gasteiger partial charge is 0.379 e. The molecule has 3 atom stereocenters. The van der Waals surface area contributed by atoms with E-state index in [0.717, 1.165) is 24.3 Å². The van der Waals surface area contributed by atoms with E-state index in [1.807, 2.05) is 0 Å². The molecule has 6 rings (SSSR count). The second-order valence-electron chi connectivity index (χ2n) is 10.5. The van der Waals surface area contributed by atoms with Crippen LogP contribution in [0, 0.1) is 0 Å². The Hall–Kier alpha value is -3.67. The van der Waals surface area contributed by atoms with Crippen molar-refractivity contribution in [2.75, 3.05) is 31.6 Å². The van der Waals surface area contributed by atoms with E-state index in [0.29, 0.717) is 0 Å². The lowest BCUT2D eigenvalue weighted by Gasteiger charge is -2.57. The van der Waals surface area contributed by atoms with Crippen LogP contribution in [0.4, 0.5) is 5.69 Å². The van der Waals surface area contributed by atoms with Crippen molar-refractivity contribution >= 4 is 23.4 Å². The van der Waals surface area contributed by atoms with Crippen LogP contribution in [0.3, 0.4) is 0 Å². The zero-order valence-corrected chi connectivity index (χ0v) is 22.2. The van der Waals surface area contributed by atoms with Crippen LogP contribution >= 0.6 is 0 Å². The molecule has 0 aliphatic carbocycles. The first kappa shape index (κ1) is 30.4. The molecule has 11 N–H and O–H groups in total. The van der Waals surface area contributed by atoms with Crippen LogP contribution < -0.4 is 10.6 Å². The fourth-order valence-electron chi connectivity index (χ4n) is 5.56. The molecule has 0 radical (unpaired) electrons. The second kappa shape index (κ2) is 9.42. The van der Waals surface area contributed by atoms with Crippen LogP contribution in [0.5, 0.6) is 0 Å². The Labute approximate surface area is 245 Å². The normalized spacial score (nSPS) is 30.4. The van der Waals surface area contributed by atoms with Crippen LogP contribution in [0.15, 0.2) is 42.5 Å². The molecule has 3 fully saturated rings. The molecule has 0 bridgehead atoms. The van der Waals surface area contributed by atoms with Crippen molar-refractivity contribution in [3.63, 3.8) is 0 Å². The Bertz CT molecular complexity index is 1560. The predicted octanol–water partition coefficient (Wildman–Crippen LogP) is -5.44. The molecule has 4 heterocycles. The topological polar surface area (TPSA) is 292 Å². The van der Waals surface area contributed by atoms with E-state index < -0.39 is 69.6 Å². The van der Waals surface area contributed by atoms with Crippen molar-refractivity contribution in [3.8, 4) is 0 Å². The van der Waals surface area contributed by atoms with Crippen LogP contribution in [-0.2, 0) is 41.8 Å². The summed E-state index contributed by atoms with van der Waals surface area (Å²) in [7, 11) is 0. The maximum atomic E-state index is 13.4. The Balaban J connectivity index is 1.35. The molecule has 3 amide bonds. The van der Waals surface area contributed by atoms with Crippen LogP contribution in [0.25, 0.3) is 0 Å². The van der Waals surface area contributed by atoms with Gasteiger partial charge in [-0.15, -0.1) is 0 Å². The highest BCUT2D eigenvalue weighted by molar-refractivity contribution is 6.11. The van der Waals surface area contributed by atoms with Crippen molar-refractivity contribution in [1.29, 1.82) is 0 Å². The third-order valence-electron chi connectivity index (χ3n) is 7.97. The van der Waals surface area contributed by atoms with Crippen LogP contribution in [0.2, 0.25) is 0 Å². The molecular formula is C25H26N4O15. The smallest absolute Gasteiger partial charge is 0.321 e. The van der Waals surface area contributed by atoms with Crippen molar-refractivity contribution in [1.82, 2.24) is 15.1 Å². The van der Waals surface area contributed by atoms with Crippen molar-refractivity contribution < 1.29 is 74.9 Å². The van der Waals surface area contributed by atoms with Gasteiger partial charge in [0.05, 0.1) is 30.0 Å². The number of carbonyl (C=O) groups excluding carboxylic acids is 3. The molecule has 3 unspecified atom stereocenters. The molecule has 4 aliphatic heterocycles. The summed E-state index contributed by atoms with van der Waals surface area (Å²) >= 11 is 0. The minimum absolute atomic E-state index is 0.0170. The van der Waals surface area contributed by atoms with E-state index in [2.05, 4.69) is 10.2 Å². The van der Waals surface area contributed by atoms with Crippen molar-refractivity contribution in [3.05, 3.63) is 64.7 Å². The van der Waals surface area contributed by atoms with Gasteiger partial charge in [-0.1, -0.05) is 30.3 Å². The summed E-state index contributed by atoms with van der Waals surface area (Å²) in [6, 6.07) is 8.00. The van der Waals surface area contributed by atoms with Gasteiger partial charge >= 0.3 is 17.5 Å². The summed E-state index contributed by atoms with van der Waals surface area (Å²) in [5.41, 5.74) is -5.96. The van der Waals surface area contributed by atoms with Crippen molar-refractivity contribution in [2.24, 2.45) is 0 Å². The number of nitrogens with zero attached hydrogens (tertiary/aromatic N) is 2. The summed E-state index contributed by atoms with van der Waals surface area (Å²) in [6.45, 7) is 0.964. The van der Waals surface area contributed by atoms with E-state index in [4.69, 9.17) is 9.62 Å². The molecule has 0 aromatic heterocycles. The second-order valence-corrected chi connectivity index (χ2v) is 10.5. The summed E-state index contributed by atoms with van der Waals surface area (Å²) in [5.74, 6) is -22.3. The van der Waals surface area contributed by atoms with E-state index >= 15 is 0 Å². The fraction of sp³-hybridized carbons (Fsp3) is 0.400. The van der Waals surface area contributed by atoms with Gasteiger partial charge in [0.15, 0.2) is 0 Å². The number of anilines is 1. The molecular weight excluding hydrogens is 596 g/mol. The molecule has 4 aliphatic rings. The standard InChI is InChI=1S/C25H26N4O15/c30-17-14-2-1-3-15(27-22(36,37)12-4-6-13(7-5-12)23(38,39)28-8-10-42-11-9-28)16(14)24(40)29(17)20(33)18(31)26-19(32)21(34,35)25(20,41)44-43-24/h1-7,27,33-41H,8-11H2,(H,26,31,32). The van der Waals surface area contributed by atoms with Gasteiger partial charge in [-0.05, 0) is 12.1 Å². The number of amides is 3. The first-order chi connectivity index (χ1) is 20.4. The molecule has 2 aromatic rings. The summed E-state index contributed by atoms with van der Waals surface area (Å²) in [4.78, 5) is 48.6. The maximum Gasteiger partial charge on any atom is 0.321 e. The van der Waals surface area contributed by atoms with Gasteiger partial charge in [-0.25, -0.2) is 9.80 Å². The monoisotopic (exact) mass is 622 g/mol. The van der Waals surface area contributed by atoms with Crippen LogP contribution in [-0.4, -0.2) is 117 Å². The summed E-state index contributed by atoms with van der Waals surface area (Å²) in [6.07, 6.45) is 0. The minimum Gasteiger partial charge on any atom is -0.379 e. The molecule has 19 nitrogen and oxygen atoms in total.